The number of benzene rings is 2. The molecular formula is C24H17Cl5O10. The minimum absolute atomic E-state index is 0.00258. The molecule has 2 aliphatic heterocycles. The highest BCUT2D eigenvalue weighted by atomic mass is 35.5. The zero-order valence-corrected chi connectivity index (χ0v) is 23.2. The van der Waals surface area contributed by atoms with E-state index in [0.29, 0.717) is 6.61 Å². The summed E-state index contributed by atoms with van der Waals surface area (Å²) in [5.41, 5.74) is 0.0215. The van der Waals surface area contributed by atoms with Crippen molar-refractivity contribution >= 4 is 90.2 Å². The number of epoxide rings is 2. The summed E-state index contributed by atoms with van der Waals surface area (Å²) in [5.74, 6) is -0.672. The number of esters is 1. The molecule has 2 aromatic carbocycles. The van der Waals surface area contributed by atoms with Crippen LogP contribution in [0.3, 0.4) is 0 Å². The van der Waals surface area contributed by atoms with Crippen LogP contribution >= 0.6 is 58.0 Å². The number of halogens is 5. The quantitative estimate of drug-likeness (QED) is 0.239. The van der Waals surface area contributed by atoms with Gasteiger partial charge in [-0.1, -0.05) is 0 Å². The summed E-state index contributed by atoms with van der Waals surface area (Å²) in [5, 5.41) is 4.10. The second-order valence-corrected chi connectivity index (χ2v) is 9.37. The van der Waals surface area contributed by atoms with Crippen LogP contribution < -0.4 is 0 Å². The van der Waals surface area contributed by atoms with E-state index in [1.807, 2.05) is 0 Å². The molecule has 10 nitrogen and oxygen atoms in total. The molecule has 2 fully saturated rings. The molecule has 0 radical (unpaired) electrons. The number of carbonyl (C=O) groups excluding carboxylic acids is 6. The van der Waals surface area contributed by atoms with Crippen molar-refractivity contribution in [3.63, 3.8) is 0 Å². The third-order valence-corrected chi connectivity index (χ3v) is 5.74. The third kappa shape index (κ3) is 11.7. The van der Waals surface area contributed by atoms with Crippen LogP contribution in [-0.4, -0.2) is 75.9 Å². The summed E-state index contributed by atoms with van der Waals surface area (Å²) in [6.07, 6.45) is 0.117. The van der Waals surface area contributed by atoms with E-state index in [0.717, 1.165) is 6.61 Å². The van der Waals surface area contributed by atoms with Crippen molar-refractivity contribution in [3.8, 4) is 0 Å². The summed E-state index contributed by atoms with van der Waals surface area (Å²) in [4.78, 5) is 66.5. The van der Waals surface area contributed by atoms with Crippen molar-refractivity contribution in [2.45, 2.75) is 12.2 Å². The minimum Gasteiger partial charge on any atom is -0.459 e. The van der Waals surface area contributed by atoms with Crippen molar-refractivity contribution in [2.75, 3.05) is 26.4 Å². The molecule has 4 rings (SSSR count). The second kappa shape index (κ2) is 15.4. The Kier molecular flexibility index (Phi) is 12.9. The van der Waals surface area contributed by atoms with Crippen molar-refractivity contribution in [3.05, 3.63) is 69.8 Å². The average molecular weight is 643 g/mol. The van der Waals surface area contributed by atoms with Gasteiger partial charge in [-0.05, 0) is 94.4 Å². The maximum atomic E-state index is 11.7. The Balaban J connectivity index is 0.000000236. The maximum absolute atomic E-state index is 11.7. The van der Waals surface area contributed by atoms with E-state index in [1.54, 1.807) is 0 Å². The highest BCUT2D eigenvalue weighted by Gasteiger charge is 2.25. The fourth-order valence-corrected chi connectivity index (χ4v) is 3.08. The van der Waals surface area contributed by atoms with E-state index < -0.39 is 32.2 Å². The molecule has 2 heterocycles. The molecule has 0 amide bonds. The Bertz CT molecular complexity index is 1180. The van der Waals surface area contributed by atoms with Gasteiger partial charge in [0.25, 0.3) is 26.2 Å². The predicted molar refractivity (Wildman–Crippen MR) is 141 cm³/mol. The number of hydrogen-bond donors (Lipinski definition) is 1. The van der Waals surface area contributed by atoms with Crippen LogP contribution in [0, 0.1) is 0 Å². The lowest BCUT2D eigenvalue weighted by Crippen LogP contribution is -2.11. The monoisotopic (exact) mass is 640 g/mol. The molecule has 39 heavy (non-hydrogen) atoms. The van der Waals surface area contributed by atoms with Crippen molar-refractivity contribution in [2.24, 2.45) is 0 Å². The molecule has 2 aromatic rings. The predicted octanol–water partition coefficient (Wildman–Crippen LogP) is 4.20. The van der Waals surface area contributed by atoms with Gasteiger partial charge in [0.2, 0.25) is 0 Å². The summed E-state index contributed by atoms with van der Waals surface area (Å²) in [6.45, 7) is 1.64. The first-order valence-corrected chi connectivity index (χ1v) is 12.5. The van der Waals surface area contributed by atoms with Gasteiger partial charge < -0.3 is 19.3 Å². The summed E-state index contributed by atoms with van der Waals surface area (Å²) >= 11 is 26.3. The van der Waals surface area contributed by atoms with Crippen molar-refractivity contribution in [1.82, 2.24) is 0 Å². The van der Waals surface area contributed by atoms with E-state index in [1.165, 1.54) is 36.4 Å². The Morgan fingerprint density at radius 2 is 0.897 bits per heavy atom. The van der Waals surface area contributed by atoms with Gasteiger partial charge >= 0.3 is 5.97 Å². The highest BCUT2D eigenvalue weighted by molar-refractivity contribution is 6.70. The molecule has 2 atom stereocenters. The normalized spacial score (nSPS) is 16.4. The number of hydrogen-bond acceptors (Lipinski definition) is 10. The molecule has 208 valence electrons. The number of carbonyl (C=O) groups is 6. The van der Waals surface area contributed by atoms with Gasteiger partial charge in [0.15, 0.2) is 0 Å². The third-order valence-electron chi connectivity index (χ3n) is 4.65. The standard InChI is InChI=1S/C12H8Cl2O5.C9H3Cl3O3.C3H6O2/c13-10(15)6-1-7(11(14)16)3-8(2-6)12(17)19-5-9-4-18-9;10-7(13)4-1-5(8(11)14)3-6(2-4)9(12)15;4-1-3-2-5-3/h1-3,9H,4-5H2;1-3H;3-4H,1-2H2. The molecule has 0 bridgehead atoms. The molecule has 0 aromatic heterocycles. The first-order valence-electron chi connectivity index (χ1n) is 10.6. The molecule has 0 saturated carbocycles. The first-order chi connectivity index (χ1) is 18.3. The zero-order chi connectivity index (χ0) is 29.3. The average Bonchev–Trinajstić information content (AvgIpc) is 3.82. The van der Waals surface area contributed by atoms with Gasteiger partial charge in [-0.25, -0.2) is 4.79 Å². The summed E-state index contributed by atoms with van der Waals surface area (Å²) < 4.78 is 14.4. The van der Waals surface area contributed by atoms with E-state index in [2.05, 4.69) is 4.74 Å². The molecule has 15 heteroatoms. The number of aliphatic hydroxyl groups excluding tert-OH is 1. The van der Waals surface area contributed by atoms with Crippen LogP contribution in [0.15, 0.2) is 36.4 Å². The summed E-state index contributed by atoms with van der Waals surface area (Å²) in [7, 11) is 0. The number of aliphatic hydroxyl groups is 1. The van der Waals surface area contributed by atoms with Crippen LogP contribution in [-0.2, 0) is 14.2 Å². The molecule has 2 unspecified atom stereocenters. The minimum atomic E-state index is -0.797. The Morgan fingerprint density at radius 3 is 1.10 bits per heavy atom. The van der Waals surface area contributed by atoms with Gasteiger partial charge in [-0.2, -0.15) is 0 Å². The van der Waals surface area contributed by atoms with Gasteiger partial charge in [0.1, 0.15) is 18.8 Å². The Labute approximate surface area is 245 Å². The lowest BCUT2D eigenvalue weighted by atomic mass is 10.1. The molecular weight excluding hydrogens is 626 g/mol. The van der Waals surface area contributed by atoms with E-state index in [4.69, 9.17) is 72.6 Å². The van der Waals surface area contributed by atoms with Gasteiger partial charge in [0.05, 0.1) is 25.4 Å². The molecule has 2 aliphatic rings. The lowest BCUT2D eigenvalue weighted by molar-refractivity contribution is 0.0476. The topological polar surface area (TPSA) is 157 Å². The highest BCUT2D eigenvalue weighted by Crippen LogP contribution is 2.18. The molecule has 0 aliphatic carbocycles. The van der Waals surface area contributed by atoms with Crippen LogP contribution in [0.1, 0.15) is 62.1 Å². The Hall–Kier alpha value is -2.41. The fourth-order valence-electron chi connectivity index (χ4n) is 2.53. The number of rotatable bonds is 9. The zero-order valence-electron chi connectivity index (χ0n) is 19.5. The van der Waals surface area contributed by atoms with Crippen LogP contribution in [0.2, 0.25) is 0 Å². The largest absolute Gasteiger partial charge is 0.459 e. The molecule has 0 spiro atoms. The smallest absolute Gasteiger partial charge is 0.338 e. The van der Waals surface area contributed by atoms with Crippen molar-refractivity contribution < 1.29 is 48.1 Å². The summed E-state index contributed by atoms with van der Waals surface area (Å²) in [6, 6.07) is 7.27. The van der Waals surface area contributed by atoms with Crippen LogP contribution in [0.25, 0.3) is 0 Å². The number of ether oxygens (including phenoxy) is 3. The Morgan fingerprint density at radius 1 is 0.615 bits per heavy atom. The molecule has 1 N–H and O–H groups in total. The SMILES string of the molecule is O=C(Cl)c1cc(C(=O)Cl)cc(C(=O)Cl)c1.O=C(Cl)c1cc(C(=O)Cl)cc(C(=O)OCC2CO2)c1.OCC1CO1. The van der Waals surface area contributed by atoms with E-state index >= 15 is 0 Å². The van der Waals surface area contributed by atoms with Crippen molar-refractivity contribution in [1.29, 1.82) is 0 Å². The maximum Gasteiger partial charge on any atom is 0.338 e. The van der Waals surface area contributed by atoms with E-state index in [-0.39, 0.29) is 58.8 Å². The van der Waals surface area contributed by atoms with Gasteiger partial charge in [-0.3, -0.25) is 24.0 Å². The van der Waals surface area contributed by atoms with E-state index in [9.17, 15) is 28.8 Å². The molecule has 2 saturated heterocycles. The lowest BCUT2D eigenvalue weighted by Gasteiger charge is -2.05. The van der Waals surface area contributed by atoms with Crippen LogP contribution in [0.5, 0.6) is 0 Å². The van der Waals surface area contributed by atoms with Gasteiger partial charge in [0, 0.05) is 27.8 Å². The van der Waals surface area contributed by atoms with Gasteiger partial charge in [-0.15, -0.1) is 0 Å². The fraction of sp³-hybridized carbons (Fsp3) is 0.250. The van der Waals surface area contributed by atoms with Crippen LogP contribution in [0.4, 0.5) is 0 Å². The first kappa shape index (κ1) is 32.8. The second-order valence-electron chi connectivity index (χ2n) is 7.66.